The molecule has 1 saturated carbocycles. The molecule has 1 rings (SSSR count). The van der Waals surface area contributed by atoms with Gasteiger partial charge < -0.3 is 16.5 Å². The Labute approximate surface area is 76.2 Å². The van der Waals surface area contributed by atoms with Gasteiger partial charge in [0.05, 0.1) is 0 Å². The van der Waals surface area contributed by atoms with E-state index in [-0.39, 0.29) is 29.6 Å². The molecule has 1 aliphatic carbocycles. The summed E-state index contributed by atoms with van der Waals surface area (Å²) in [5.41, 5.74) is 0. The van der Waals surface area contributed by atoms with Gasteiger partial charge in [0, 0.05) is 0 Å². The van der Waals surface area contributed by atoms with Gasteiger partial charge in [0.2, 0.25) is 0 Å². The predicted octanol–water partition coefficient (Wildman–Crippen LogP) is -3.57. The molecule has 4 nitrogen and oxygen atoms in total. The monoisotopic (exact) mass is 142 g/mol. The summed E-state index contributed by atoms with van der Waals surface area (Å²) in [4.78, 5) is 2.86. The van der Waals surface area contributed by atoms with Crippen LogP contribution in [0.5, 0.6) is 0 Å². The molecular formula is C3H8BNaO4. The summed E-state index contributed by atoms with van der Waals surface area (Å²) in [7, 11) is -2.06. The van der Waals surface area contributed by atoms with Gasteiger partial charge in [-0.05, 0) is 0 Å². The van der Waals surface area contributed by atoms with E-state index >= 15 is 0 Å². The van der Waals surface area contributed by atoms with Crippen LogP contribution in [0, 0.1) is 6.42 Å². The van der Waals surface area contributed by atoms with Crippen LogP contribution < -0.4 is 29.6 Å². The van der Waals surface area contributed by atoms with E-state index in [4.69, 9.17) is 15.3 Å². The number of hydrogen-bond acceptors (Lipinski definition) is 4. The Morgan fingerprint density at radius 1 is 1.33 bits per heavy atom. The molecule has 1 aliphatic rings. The first kappa shape index (κ1) is 12.6. The summed E-state index contributed by atoms with van der Waals surface area (Å²) in [6, 6.07) is 0. The van der Waals surface area contributed by atoms with Crippen LogP contribution in [-0.2, 0) is 4.81 Å². The Bertz CT molecular complexity index is 48.3. The molecule has 0 spiro atoms. The van der Waals surface area contributed by atoms with Crippen molar-refractivity contribution < 1.29 is 49.7 Å². The van der Waals surface area contributed by atoms with Crippen LogP contribution in [0.15, 0.2) is 0 Å². The smallest absolute Gasteiger partial charge is 0.400 e. The van der Waals surface area contributed by atoms with Gasteiger partial charge in [-0.1, -0.05) is 0 Å². The second-order valence-electron chi connectivity index (χ2n) is 1.30. The molecule has 9 heavy (non-hydrogen) atoms. The molecule has 0 aliphatic heterocycles. The van der Waals surface area contributed by atoms with Crippen molar-refractivity contribution in [1.29, 1.82) is 0 Å². The Morgan fingerprint density at radius 2 is 1.56 bits per heavy atom. The average Bonchev–Trinajstić information content (AvgIpc) is 2.48. The van der Waals surface area contributed by atoms with Gasteiger partial charge in [-0.3, -0.25) is 5.26 Å². The Balaban J connectivity index is 0. The molecule has 0 atom stereocenters. The zero-order chi connectivity index (χ0) is 6.41. The van der Waals surface area contributed by atoms with Crippen molar-refractivity contribution >= 4 is 7.32 Å². The maximum absolute atomic E-state index is 7.44. The average molecular weight is 142 g/mol. The summed E-state index contributed by atoms with van der Waals surface area (Å²) in [5, 5.41) is 22.0. The number of rotatable bonds is 1. The van der Waals surface area contributed by atoms with Crippen molar-refractivity contribution in [1.82, 2.24) is 0 Å². The molecule has 0 aromatic rings. The minimum absolute atomic E-state index is 0. The van der Waals surface area contributed by atoms with Crippen LogP contribution in [-0.4, -0.2) is 22.6 Å². The van der Waals surface area contributed by atoms with Crippen molar-refractivity contribution in [2.24, 2.45) is 0 Å². The first-order chi connectivity index (χ1) is 3.77. The third-order valence-electron chi connectivity index (χ3n) is 0.383. The minimum Gasteiger partial charge on any atom is -0.400 e. The fourth-order valence-electron chi connectivity index (χ4n) is 0. The van der Waals surface area contributed by atoms with E-state index in [2.05, 4.69) is 11.2 Å². The normalized spacial score (nSPS) is 12.3. The fraction of sp³-hybridized carbons (Fsp3) is 0.667. The SMILES string of the molecule is OOB(O)O.[CH-]1CC1.[Na+]. The first-order valence-electron chi connectivity index (χ1n) is 2.25. The Kier molecular flexibility index (Phi) is 12.4. The van der Waals surface area contributed by atoms with Crippen molar-refractivity contribution in [2.75, 3.05) is 0 Å². The largest absolute Gasteiger partial charge is 1.00 e. The molecule has 1 fully saturated rings. The summed E-state index contributed by atoms with van der Waals surface area (Å²) in [5.74, 6) is 0. The molecule has 0 amide bonds. The molecule has 0 heterocycles. The molecule has 48 valence electrons. The van der Waals surface area contributed by atoms with E-state index in [0.29, 0.717) is 0 Å². The predicted molar refractivity (Wildman–Crippen MR) is 27.4 cm³/mol. The minimum atomic E-state index is -2.06. The molecule has 0 unspecified atom stereocenters. The van der Waals surface area contributed by atoms with E-state index in [1.807, 2.05) is 0 Å². The third-order valence-corrected chi connectivity index (χ3v) is 0.383. The molecule has 3 N–H and O–H groups in total. The second kappa shape index (κ2) is 8.90. The number of hydrogen-bond donors (Lipinski definition) is 3. The van der Waals surface area contributed by atoms with E-state index in [9.17, 15) is 0 Å². The van der Waals surface area contributed by atoms with Crippen LogP contribution in [0.3, 0.4) is 0 Å². The van der Waals surface area contributed by atoms with Gasteiger partial charge in [-0.2, -0.15) is 0 Å². The standard InChI is InChI=1S/C3H5.BH3O4.Na/c1-2-3-1;2-1(3)5-4;/h1H,2-3H2;2-4H;/q-1;;+1. The van der Waals surface area contributed by atoms with Crippen LogP contribution in [0.25, 0.3) is 0 Å². The van der Waals surface area contributed by atoms with Crippen molar-refractivity contribution in [3.63, 3.8) is 0 Å². The summed E-state index contributed by atoms with van der Waals surface area (Å²) >= 11 is 0. The van der Waals surface area contributed by atoms with Gasteiger partial charge in [-0.25, -0.2) is 17.6 Å². The van der Waals surface area contributed by atoms with Crippen LogP contribution >= 0.6 is 0 Å². The zero-order valence-electron chi connectivity index (χ0n) is 5.32. The van der Waals surface area contributed by atoms with E-state index < -0.39 is 7.32 Å². The van der Waals surface area contributed by atoms with Crippen molar-refractivity contribution in [3.05, 3.63) is 6.42 Å². The van der Waals surface area contributed by atoms with Crippen molar-refractivity contribution in [2.45, 2.75) is 12.8 Å². The molecule has 0 radical (unpaired) electrons. The quantitative estimate of drug-likeness (QED) is 0.153. The van der Waals surface area contributed by atoms with Gasteiger partial charge >= 0.3 is 36.9 Å². The Hall–Kier alpha value is 0.905. The molecule has 0 aromatic heterocycles. The fourth-order valence-corrected chi connectivity index (χ4v) is 0. The summed E-state index contributed by atoms with van der Waals surface area (Å²) in [6.45, 7) is 0. The van der Waals surface area contributed by atoms with Gasteiger partial charge in [0.25, 0.3) is 0 Å². The van der Waals surface area contributed by atoms with Gasteiger partial charge in [0.15, 0.2) is 0 Å². The molecule has 0 saturated heterocycles. The van der Waals surface area contributed by atoms with Crippen molar-refractivity contribution in [3.8, 4) is 0 Å². The van der Waals surface area contributed by atoms with E-state index in [0.717, 1.165) is 0 Å². The molecule has 0 bridgehead atoms. The van der Waals surface area contributed by atoms with Crippen LogP contribution in [0.2, 0.25) is 0 Å². The second-order valence-corrected chi connectivity index (χ2v) is 1.30. The Morgan fingerprint density at radius 3 is 1.56 bits per heavy atom. The molecule has 0 aromatic carbocycles. The maximum atomic E-state index is 7.44. The third kappa shape index (κ3) is 27.8. The van der Waals surface area contributed by atoms with Gasteiger partial charge in [-0.15, -0.1) is 0 Å². The van der Waals surface area contributed by atoms with Crippen LogP contribution in [0.4, 0.5) is 0 Å². The maximum Gasteiger partial charge on any atom is 1.00 e. The molecular weight excluding hydrogens is 134 g/mol. The first-order valence-corrected chi connectivity index (χ1v) is 2.25. The summed E-state index contributed by atoms with van der Waals surface area (Å²) in [6.07, 6.45) is 5.00. The zero-order valence-corrected chi connectivity index (χ0v) is 7.32. The summed E-state index contributed by atoms with van der Waals surface area (Å²) < 4.78 is 0. The van der Waals surface area contributed by atoms with E-state index in [1.165, 1.54) is 12.8 Å². The van der Waals surface area contributed by atoms with Crippen LogP contribution in [0.1, 0.15) is 12.8 Å². The van der Waals surface area contributed by atoms with E-state index in [1.54, 1.807) is 0 Å². The topological polar surface area (TPSA) is 69.9 Å². The molecule has 6 heteroatoms. The van der Waals surface area contributed by atoms with Gasteiger partial charge in [0.1, 0.15) is 0 Å².